The van der Waals surface area contributed by atoms with Crippen molar-refractivity contribution in [3.05, 3.63) is 29.3 Å². The molecule has 1 unspecified atom stereocenters. The Hall–Kier alpha value is -1.55. The van der Waals surface area contributed by atoms with Crippen LogP contribution in [0.1, 0.15) is 31.4 Å². The van der Waals surface area contributed by atoms with Gasteiger partial charge in [0.25, 0.3) is 0 Å². The molecule has 0 saturated carbocycles. The molecule has 0 fully saturated rings. The van der Waals surface area contributed by atoms with Crippen molar-refractivity contribution >= 4 is 5.97 Å². The first-order valence-corrected chi connectivity index (χ1v) is 6.99. The first-order valence-electron chi connectivity index (χ1n) is 6.99. The van der Waals surface area contributed by atoms with Gasteiger partial charge < -0.3 is 14.8 Å². The third-order valence-corrected chi connectivity index (χ3v) is 3.63. The van der Waals surface area contributed by atoms with Crippen molar-refractivity contribution in [2.24, 2.45) is 0 Å². The van der Waals surface area contributed by atoms with Crippen molar-refractivity contribution in [3.8, 4) is 5.75 Å². The van der Waals surface area contributed by atoms with Gasteiger partial charge in [-0.15, -0.1) is 0 Å². The SMILES string of the molecule is CCOC(=O)C(C)(CCOc1ccc(C)c(C)c1)NC. The standard InChI is InChI=1S/C16H25NO3/c1-6-19-15(18)16(4,17-5)9-10-20-14-8-7-12(2)13(3)11-14/h7-8,11,17H,6,9-10H2,1-5H3. The molecule has 1 atom stereocenters. The van der Waals surface area contributed by atoms with Gasteiger partial charge in [-0.05, 0) is 58.0 Å². The molecule has 4 heteroatoms. The Balaban J connectivity index is 2.56. The highest BCUT2D eigenvalue weighted by Crippen LogP contribution is 2.18. The second-order valence-electron chi connectivity index (χ2n) is 5.15. The van der Waals surface area contributed by atoms with E-state index in [2.05, 4.69) is 19.2 Å². The fourth-order valence-electron chi connectivity index (χ4n) is 1.80. The summed E-state index contributed by atoms with van der Waals surface area (Å²) in [6.07, 6.45) is 0.551. The number of ether oxygens (including phenoxy) is 2. The maximum absolute atomic E-state index is 11.9. The fourth-order valence-corrected chi connectivity index (χ4v) is 1.80. The summed E-state index contributed by atoms with van der Waals surface area (Å²) in [6.45, 7) is 8.59. The minimum atomic E-state index is -0.713. The topological polar surface area (TPSA) is 47.6 Å². The summed E-state index contributed by atoms with van der Waals surface area (Å²) in [5, 5.41) is 3.02. The van der Waals surface area contributed by atoms with Gasteiger partial charge in [0.1, 0.15) is 11.3 Å². The van der Waals surface area contributed by atoms with E-state index < -0.39 is 5.54 Å². The molecule has 1 aromatic rings. The smallest absolute Gasteiger partial charge is 0.326 e. The number of carbonyl (C=O) groups is 1. The minimum Gasteiger partial charge on any atom is -0.493 e. The van der Waals surface area contributed by atoms with E-state index in [4.69, 9.17) is 9.47 Å². The number of likely N-dealkylation sites (N-methyl/N-ethyl adjacent to an activating group) is 1. The summed E-state index contributed by atoms with van der Waals surface area (Å²) >= 11 is 0. The zero-order chi connectivity index (χ0) is 15.2. The number of esters is 1. The van der Waals surface area contributed by atoms with Gasteiger partial charge in [-0.1, -0.05) is 6.07 Å². The van der Waals surface area contributed by atoms with E-state index in [0.29, 0.717) is 19.6 Å². The number of hydrogen-bond acceptors (Lipinski definition) is 4. The Bertz CT molecular complexity index is 459. The third kappa shape index (κ3) is 4.23. The normalized spacial score (nSPS) is 13.7. The fraction of sp³-hybridized carbons (Fsp3) is 0.562. The molecule has 0 aliphatic heterocycles. The monoisotopic (exact) mass is 279 g/mol. The van der Waals surface area contributed by atoms with Crippen LogP contribution in [0.2, 0.25) is 0 Å². The highest BCUT2D eigenvalue weighted by atomic mass is 16.5. The van der Waals surface area contributed by atoms with E-state index in [9.17, 15) is 4.79 Å². The van der Waals surface area contributed by atoms with Gasteiger partial charge in [-0.3, -0.25) is 4.79 Å². The van der Waals surface area contributed by atoms with Crippen molar-refractivity contribution in [1.29, 1.82) is 0 Å². The summed E-state index contributed by atoms with van der Waals surface area (Å²) in [6, 6.07) is 5.99. The van der Waals surface area contributed by atoms with E-state index in [0.717, 1.165) is 5.75 Å². The predicted molar refractivity (Wildman–Crippen MR) is 80.1 cm³/mol. The first-order chi connectivity index (χ1) is 9.42. The summed E-state index contributed by atoms with van der Waals surface area (Å²) in [5.74, 6) is 0.585. The molecule has 1 aromatic carbocycles. The molecule has 0 saturated heterocycles. The second-order valence-corrected chi connectivity index (χ2v) is 5.15. The Kier molecular flexibility index (Phi) is 6.02. The number of aryl methyl sites for hydroxylation is 2. The Morgan fingerprint density at radius 1 is 1.30 bits per heavy atom. The Morgan fingerprint density at radius 2 is 2.00 bits per heavy atom. The van der Waals surface area contributed by atoms with Crippen molar-refractivity contribution in [2.75, 3.05) is 20.3 Å². The van der Waals surface area contributed by atoms with Crippen LogP contribution in [0.5, 0.6) is 5.75 Å². The lowest BCUT2D eigenvalue weighted by Gasteiger charge is -2.26. The van der Waals surface area contributed by atoms with Gasteiger partial charge in [0.05, 0.1) is 13.2 Å². The van der Waals surface area contributed by atoms with Crippen LogP contribution in [0, 0.1) is 13.8 Å². The van der Waals surface area contributed by atoms with E-state index in [1.54, 1.807) is 14.0 Å². The van der Waals surface area contributed by atoms with Gasteiger partial charge in [-0.25, -0.2) is 0 Å². The van der Waals surface area contributed by atoms with Gasteiger partial charge in [0.2, 0.25) is 0 Å². The molecule has 0 aliphatic carbocycles. The van der Waals surface area contributed by atoms with Crippen LogP contribution in [0.3, 0.4) is 0 Å². The van der Waals surface area contributed by atoms with Crippen molar-refractivity contribution in [3.63, 3.8) is 0 Å². The molecular weight excluding hydrogens is 254 g/mol. The van der Waals surface area contributed by atoms with Crippen molar-refractivity contribution in [2.45, 2.75) is 39.7 Å². The molecular formula is C16H25NO3. The predicted octanol–water partition coefficient (Wildman–Crippen LogP) is 2.61. The highest BCUT2D eigenvalue weighted by Gasteiger charge is 2.32. The zero-order valence-corrected chi connectivity index (χ0v) is 13.1. The van der Waals surface area contributed by atoms with Crippen LogP contribution in [0.25, 0.3) is 0 Å². The number of nitrogens with one attached hydrogen (secondary N) is 1. The van der Waals surface area contributed by atoms with Gasteiger partial charge in [-0.2, -0.15) is 0 Å². The van der Waals surface area contributed by atoms with Crippen molar-refractivity contribution < 1.29 is 14.3 Å². The van der Waals surface area contributed by atoms with Gasteiger partial charge >= 0.3 is 5.97 Å². The summed E-state index contributed by atoms with van der Waals surface area (Å²) < 4.78 is 10.8. The maximum atomic E-state index is 11.9. The molecule has 0 bridgehead atoms. The molecule has 0 amide bonds. The molecule has 112 valence electrons. The average molecular weight is 279 g/mol. The molecule has 1 N–H and O–H groups in total. The molecule has 0 radical (unpaired) electrons. The van der Waals surface area contributed by atoms with E-state index in [1.165, 1.54) is 11.1 Å². The molecule has 0 heterocycles. The van der Waals surface area contributed by atoms with Crippen LogP contribution >= 0.6 is 0 Å². The van der Waals surface area contributed by atoms with Crippen LogP contribution in [0.4, 0.5) is 0 Å². The molecule has 1 rings (SSSR count). The number of rotatable bonds is 7. The van der Waals surface area contributed by atoms with E-state index >= 15 is 0 Å². The summed E-state index contributed by atoms with van der Waals surface area (Å²) in [7, 11) is 1.76. The van der Waals surface area contributed by atoms with Crippen LogP contribution in [0.15, 0.2) is 18.2 Å². The maximum Gasteiger partial charge on any atom is 0.326 e. The zero-order valence-electron chi connectivity index (χ0n) is 13.1. The molecule has 20 heavy (non-hydrogen) atoms. The van der Waals surface area contributed by atoms with Gasteiger partial charge in [0.15, 0.2) is 0 Å². The van der Waals surface area contributed by atoms with E-state index in [1.807, 2.05) is 25.1 Å². The molecule has 0 aliphatic rings. The molecule has 4 nitrogen and oxygen atoms in total. The minimum absolute atomic E-state index is 0.244. The van der Waals surface area contributed by atoms with Crippen LogP contribution in [-0.2, 0) is 9.53 Å². The lowest BCUT2D eigenvalue weighted by atomic mass is 9.99. The van der Waals surface area contributed by atoms with Crippen LogP contribution in [-0.4, -0.2) is 31.8 Å². The average Bonchev–Trinajstić information content (AvgIpc) is 2.42. The second kappa shape index (κ2) is 7.29. The number of benzene rings is 1. The van der Waals surface area contributed by atoms with Crippen molar-refractivity contribution in [1.82, 2.24) is 5.32 Å². The number of carbonyl (C=O) groups excluding carboxylic acids is 1. The summed E-state index contributed by atoms with van der Waals surface area (Å²) in [5.41, 5.74) is 1.73. The Labute approximate surface area is 121 Å². The Morgan fingerprint density at radius 3 is 2.55 bits per heavy atom. The molecule has 0 spiro atoms. The highest BCUT2D eigenvalue weighted by molar-refractivity contribution is 5.80. The van der Waals surface area contributed by atoms with E-state index in [-0.39, 0.29) is 5.97 Å². The largest absolute Gasteiger partial charge is 0.493 e. The van der Waals surface area contributed by atoms with Crippen LogP contribution < -0.4 is 10.1 Å². The number of hydrogen-bond donors (Lipinski definition) is 1. The lowest BCUT2D eigenvalue weighted by molar-refractivity contribution is -0.150. The van der Waals surface area contributed by atoms with Gasteiger partial charge in [0, 0.05) is 6.42 Å². The first kappa shape index (κ1) is 16.5. The summed E-state index contributed by atoms with van der Waals surface area (Å²) in [4.78, 5) is 11.9. The quantitative estimate of drug-likeness (QED) is 0.779. The lowest BCUT2D eigenvalue weighted by Crippen LogP contribution is -2.49. The molecule has 0 aromatic heterocycles. The third-order valence-electron chi connectivity index (χ3n) is 3.63.